The SMILES string of the molecule is CC(=O)OCC1(C)Cc2ccc(Cl)cc2-c2cc(Cl)ccc2N=N1. The molecule has 0 bridgehead atoms. The van der Waals surface area contributed by atoms with Gasteiger partial charge in [0.1, 0.15) is 12.1 Å². The Morgan fingerprint density at radius 3 is 2.54 bits per heavy atom. The van der Waals surface area contributed by atoms with Crippen molar-refractivity contribution in [2.24, 2.45) is 10.2 Å². The minimum Gasteiger partial charge on any atom is -0.463 e. The zero-order chi connectivity index (χ0) is 17.3. The number of hydrogen-bond donors (Lipinski definition) is 0. The highest BCUT2D eigenvalue weighted by atomic mass is 35.5. The van der Waals surface area contributed by atoms with Crippen molar-refractivity contribution in [2.75, 3.05) is 6.61 Å². The number of carbonyl (C=O) groups is 1. The number of azo groups is 1. The summed E-state index contributed by atoms with van der Waals surface area (Å²) in [4.78, 5) is 11.2. The standard InChI is InChI=1S/C18H16Cl2N2O2/c1-11(23)24-10-18(2)9-12-3-4-13(19)7-15(12)16-8-14(20)5-6-17(16)21-22-18/h3-8H,9-10H2,1-2H3. The number of ether oxygens (including phenoxy) is 1. The molecule has 0 fully saturated rings. The molecule has 0 amide bonds. The van der Waals surface area contributed by atoms with E-state index in [1.165, 1.54) is 6.92 Å². The molecule has 0 saturated carbocycles. The van der Waals surface area contributed by atoms with Crippen LogP contribution in [0.3, 0.4) is 0 Å². The van der Waals surface area contributed by atoms with E-state index in [1.807, 2.05) is 37.3 Å². The van der Waals surface area contributed by atoms with Crippen LogP contribution in [0.25, 0.3) is 11.1 Å². The average Bonchev–Trinajstić information content (AvgIpc) is 2.52. The number of halogens is 2. The first-order valence-corrected chi connectivity index (χ1v) is 8.26. The maximum absolute atomic E-state index is 11.2. The van der Waals surface area contributed by atoms with Crippen molar-refractivity contribution in [1.29, 1.82) is 0 Å². The lowest BCUT2D eigenvalue weighted by Gasteiger charge is -2.27. The van der Waals surface area contributed by atoms with Gasteiger partial charge >= 0.3 is 5.97 Å². The number of carbonyl (C=O) groups excluding carboxylic acids is 1. The lowest BCUT2D eigenvalue weighted by atomic mass is 9.88. The van der Waals surface area contributed by atoms with Crippen molar-refractivity contribution in [1.82, 2.24) is 0 Å². The number of fused-ring (bicyclic) bond motifs is 3. The van der Waals surface area contributed by atoms with E-state index in [2.05, 4.69) is 10.2 Å². The second-order valence-corrected chi connectivity index (χ2v) is 6.99. The lowest BCUT2D eigenvalue weighted by Crippen LogP contribution is -2.32. The van der Waals surface area contributed by atoms with E-state index in [1.54, 1.807) is 6.07 Å². The number of rotatable bonds is 2. The third-order valence-corrected chi connectivity index (χ3v) is 4.35. The zero-order valence-corrected chi connectivity index (χ0v) is 14.9. The van der Waals surface area contributed by atoms with Crippen LogP contribution >= 0.6 is 23.2 Å². The highest BCUT2D eigenvalue weighted by molar-refractivity contribution is 6.31. The van der Waals surface area contributed by atoms with Crippen molar-refractivity contribution in [2.45, 2.75) is 25.8 Å². The third-order valence-electron chi connectivity index (χ3n) is 3.88. The Morgan fingerprint density at radius 1 is 1.17 bits per heavy atom. The van der Waals surface area contributed by atoms with E-state index in [9.17, 15) is 4.79 Å². The summed E-state index contributed by atoms with van der Waals surface area (Å²) in [5, 5.41) is 10.1. The Balaban J connectivity index is 2.15. The molecule has 2 aromatic rings. The molecule has 2 aromatic carbocycles. The van der Waals surface area contributed by atoms with Crippen LogP contribution in [-0.4, -0.2) is 18.1 Å². The van der Waals surface area contributed by atoms with Crippen LogP contribution < -0.4 is 0 Å². The summed E-state index contributed by atoms with van der Waals surface area (Å²) in [7, 11) is 0. The topological polar surface area (TPSA) is 51.0 Å². The number of benzene rings is 2. The Hall–Kier alpha value is -1.91. The number of esters is 1. The molecule has 6 heteroatoms. The molecule has 0 saturated heterocycles. The van der Waals surface area contributed by atoms with E-state index in [-0.39, 0.29) is 12.6 Å². The predicted molar refractivity (Wildman–Crippen MR) is 95.2 cm³/mol. The predicted octanol–water partition coefficient (Wildman–Crippen LogP) is 5.62. The van der Waals surface area contributed by atoms with Crippen molar-refractivity contribution < 1.29 is 9.53 Å². The molecule has 124 valence electrons. The minimum absolute atomic E-state index is 0.164. The van der Waals surface area contributed by atoms with Crippen molar-refractivity contribution in [3.63, 3.8) is 0 Å². The summed E-state index contributed by atoms with van der Waals surface area (Å²) < 4.78 is 5.19. The van der Waals surface area contributed by atoms with Crippen LogP contribution in [0.4, 0.5) is 5.69 Å². The Labute approximate surface area is 150 Å². The van der Waals surface area contributed by atoms with Crippen LogP contribution in [0, 0.1) is 0 Å². The number of hydrogen-bond acceptors (Lipinski definition) is 4. The van der Waals surface area contributed by atoms with E-state index < -0.39 is 5.54 Å². The normalized spacial score (nSPS) is 19.0. The highest BCUT2D eigenvalue weighted by Crippen LogP contribution is 2.40. The summed E-state index contributed by atoms with van der Waals surface area (Å²) in [5.74, 6) is -0.336. The molecular formula is C18H16Cl2N2O2. The molecule has 0 aliphatic carbocycles. The monoisotopic (exact) mass is 362 g/mol. The van der Waals surface area contributed by atoms with E-state index >= 15 is 0 Å². The molecule has 1 aliphatic rings. The molecule has 1 unspecified atom stereocenters. The summed E-state index contributed by atoms with van der Waals surface area (Å²) in [6.45, 7) is 3.46. The number of nitrogens with zero attached hydrogens (tertiary/aromatic N) is 2. The smallest absolute Gasteiger partial charge is 0.302 e. The van der Waals surface area contributed by atoms with Crippen LogP contribution in [-0.2, 0) is 16.0 Å². The van der Waals surface area contributed by atoms with Gasteiger partial charge in [-0.1, -0.05) is 29.3 Å². The van der Waals surface area contributed by atoms with Gasteiger partial charge in [-0.05, 0) is 48.4 Å². The molecule has 24 heavy (non-hydrogen) atoms. The van der Waals surface area contributed by atoms with Gasteiger partial charge < -0.3 is 4.74 Å². The van der Waals surface area contributed by atoms with Crippen LogP contribution in [0.5, 0.6) is 0 Å². The summed E-state index contributed by atoms with van der Waals surface area (Å²) >= 11 is 12.3. The fourth-order valence-electron chi connectivity index (χ4n) is 2.72. The third kappa shape index (κ3) is 3.60. The largest absolute Gasteiger partial charge is 0.463 e. The van der Waals surface area contributed by atoms with Crippen molar-refractivity contribution >= 4 is 34.9 Å². The van der Waals surface area contributed by atoms with E-state index in [0.717, 1.165) is 16.7 Å². The molecule has 0 aromatic heterocycles. The van der Waals surface area contributed by atoms with Gasteiger partial charge in [-0.15, -0.1) is 0 Å². The highest BCUT2D eigenvalue weighted by Gasteiger charge is 2.30. The second-order valence-electron chi connectivity index (χ2n) is 6.12. The summed E-state index contributed by atoms with van der Waals surface area (Å²) in [6, 6.07) is 11.2. The minimum atomic E-state index is -0.647. The molecule has 1 aliphatic heterocycles. The van der Waals surface area contributed by atoms with Gasteiger partial charge in [-0.2, -0.15) is 10.2 Å². The fourth-order valence-corrected chi connectivity index (χ4v) is 3.07. The van der Waals surface area contributed by atoms with E-state index in [4.69, 9.17) is 27.9 Å². The van der Waals surface area contributed by atoms with Crippen LogP contribution in [0.15, 0.2) is 46.6 Å². The van der Waals surface area contributed by atoms with Gasteiger partial charge in [0.05, 0.1) is 5.69 Å². The van der Waals surface area contributed by atoms with Crippen molar-refractivity contribution in [3.8, 4) is 11.1 Å². The van der Waals surface area contributed by atoms with Gasteiger partial charge in [0.15, 0.2) is 0 Å². The molecule has 1 heterocycles. The summed E-state index contributed by atoms with van der Waals surface area (Å²) in [5.41, 5.74) is 2.96. The van der Waals surface area contributed by atoms with Crippen LogP contribution in [0.1, 0.15) is 19.4 Å². The molecule has 0 radical (unpaired) electrons. The Morgan fingerprint density at radius 2 is 1.83 bits per heavy atom. The van der Waals surface area contributed by atoms with Gasteiger partial charge in [0.25, 0.3) is 0 Å². The Kier molecular flexibility index (Phi) is 4.61. The van der Waals surface area contributed by atoms with Gasteiger partial charge in [0.2, 0.25) is 0 Å². The van der Waals surface area contributed by atoms with Gasteiger partial charge in [-0.25, -0.2) is 0 Å². The molecule has 4 nitrogen and oxygen atoms in total. The molecule has 0 N–H and O–H groups in total. The van der Waals surface area contributed by atoms with Crippen LogP contribution in [0.2, 0.25) is 10.0 Å². The molecule has 0 spiro atoms. The van der Waals surface area contributed by atoms with Crippen molar-refractivity contribution in [3.05, 3.63) is 52.0 Å². The van der Waals surface area contributed by atoms with Gasteiger partial charge in [-0.3, -0.25) is 4.79 Å². The Bertz CT molecular complexity index is 836. The zero-order valence-electron chi connectivity index (χ0n) is 13.3. The molecule has 1 atom stereocenters. The van der Waals surface area contributed by atoms with E-state index in [0.29, 0.717) is 22.2 Å². The summed E-state index contributed by atoms with van der Waals surface area (Å²) in [6.07, 6.45) is 0.572. The average molecular weight is 363 g/mol. The maximum Gasteiger partial charge on any atom is 0.302 e. The fraction of sp³-hybridized carbons (Fsp3) is 0.278. The molecular weight excluding hydrogens is 347 g/mol. The quantitative estimate of drug-likeness (QED) is 0.650. The molecule has 3 rings (SSSR count). The van der Waals surface area contributed by atoms with Gasteiger partial charge in [0, 0.05) is 29.0 Å². The maximum atomic E-state index is 11.2. The second kappa shape index (κ2) is 6.54. The lowest BCUT2D eigenvalue weighted by molar-refractivity contribution is -0.142. The first-order chi connectivity index (χ1) is 11.4. The first-order valence-electron chi connectivity index (χ1n) is 7.51. The first kappa shape index (κ1) is 16.9.